The molecule has 0 spiro atoms. The summed E-state index contributed by atoms with van der Waals surface area (Å²) >= 11 is 0. The number of hydrogen-bond donors (Lipinski definition) is 2. The van der Waals surface area contributed by atoms with Gasteiger partial charge in [0.25, 0.3) is 0 Å². The molecular weight excluding hydrogens is 322 g/mol. The van der Waals surface area contributed by atoms with Crippen LogP contribution in [-0.2, 0) is 10.0 Å². The molecular formula is C10H11F4NO5S. The van der Waals surface area contributed by atoms with E-state index in [2.05, 4.69) is 0 Å². The Morgan fingerprint density at radius 3 is 2.29 bits per heavy atom. The van der Waals surface area contributed by atoms with E-state index in [9.17, 15) is 30.8 Å². The van der Waals surface area contributed by atoms with E-state index in [1.807, 2.05) is 0 Å². The summed E-state index contributed by atoms with van der Waals surface area (Å²) < 4.78 is 79.2. The highest BCUT2D eigenvalue weighted by molar-refractivity contribution is 7.89. The number of hydrogen-bond acceptors (Lipinski definition) is 4. The predicted molar refractivity (Wildman–Crippen MR) is 61.3 cm³/mol. The van der Waals surface area contributed by atoms with E-state index in [1.54, 1.807) is 0 Å². The molecule has 0 aliphatic heterocycles. The average molecular weight is 333 g/mol. The number of aryl methyl sites for hydroxylation is 2. The van der Waals surface area contributed by atoms with Gasteiger partial charge in [-0.1, -0.05) is 0 Å². The minimum atomic E-state index is -4.75. The van der Waals surface area contributed by atoms with Crippen molar-refractivity contribution in [3.8, 4) is 0 Å². The van der Waals surface area contributed by atoms with Crippen molar-refractivity contribution in [1.82, 2.24) is 4.72 Å². The number of sulfonamides is 1. The second-order valence-electron chi connectivity index (χ2n) is 4.11. The summed E-state index contributed by atoms with van der Waals surface area (Å²) in [6.07, 6.45) is -4.06. The highest BCUT2D eigenvalue weighted by atomic mass is 32.2. The summed E-state index contributed by atoms with van der Waals surface area (Å²) in [7, 11) is -4.75. The number of aromatic carboxylic acids is 1. The van der Waals surface area contributed by atoms with Crippen molar-refractivity contribution >= 4 is 16.0 Å². The number of halogens is 4. The molecule has 0 aliphatic rings. The van der Waals surface area contributed by atoms with Gasteiger partial charge in [-0.05, 0) is 13.8 Å². The molecule has 1 rings (SSSR count). The molecule has 0 amide bonds. The minimum Gasteiger partial charge on any atom is -0.478 e. The van der Waals surface area contributed by atoms with E-state index in [4.69, 9.17) is 9.52 Å². The summed E-state index contributed by atoms with van der Waals surface area (Å²) in [5.41, 5.74) is -0.736. The Balaban J connectivity index is 3.19. The molecule has 0 aromatic carbocycles. The summed E-state index contributed by atoms with van der Waals surface area (Å²) in [6, 6.07) is 0. The lowest BCUT2D eigenvalue weighted by molar-refractivity contribution is -0.122. The number of carboxylic acids is 1. The number of alkyl halides is 4. The Morgan fingerprint density at radius 2 is 1.86 bits per heavy atom. The van der Waals surface area contributed by atoms with E-state index in [0.717, 1.165) is 6.92 Å². The van der Waals surface area contributed by atoms with Gasteiger partial charge in [0, 0.05) is 0 Å². The van der Waals surface area contributed by atoms with Gasteiger partial charge in [-0.3, -0.25) is 0 Å². The van der Waals surface area contributed by atoms with Gasteiger partial charge >= 0.3 is 18.3 Å². The highest BCUT2D eigenvalue weighted by Crippen LogP contribution is 2.28. The van der Waals surface area contributed by atoms with Gasteiger partial charge in [0.1, 0.15) is 22.0 Å². The quantitative estimate of drug-likeness (QED) is 0.774. The van der Waals surface area contributed by atoms with Crippen LogP contribution in [0.4, 0.5) is 17.6 Å². The first-order valence-electron chi connectivity index (χ1n) is 5.39. The molecule has 1 aromatic rings. The highest BCUT2D eigenvalue weighted by Gasteiger charge is 2.42. The fourth-order valence-electron chi connectivity index (χ4n) is 1.57. The summed E-state index contributed by atoms with van der Waals surface area (Å²) in [5, 5.41) is 8.92. The molecule has 0 aliphatic carbocycles. The van der Waals surface area contributed by atoms with Gasteiger partial charge < -0.3 is 9.52 Å². The van der Waals surface area contributed by atoms with Crippen LogP contribution < -0.4 is 4.72 Å². The monoisotopic (exact) mass is 333 g/mol. The lowest BCUT2D eigenvalue weighted by atomic mass is 10.2. The van der Waals surface area contributed by atoms with Crippen LogP contribution in [0.2, 0.25) is 0 Å². The van der Waals surface area contributed by atoms with Gasteiger partial charge in [-0.15, -0.1) is 0 Å². The lowest BCUT2D eigenvalue weighted by Crippen LogP contribution is -2.41. The van der Waals surface area contributed by atoms with E-state index in [-0.39, 0.29) is 11.5 Å². The third-order valence-corrected chi connectivity index (χ3v) is 4.06. The van der Waals surface area contributed by atoms with Crippen LogP contribution in [0.15, 0.2) is 9.31 Å². The average Bonchev–Trinajstić information content (AvgIpc) is 2.62. The topological polar surface area (TPSA) is 96.6 Å². The third-order valence-electron chi connectivity index (χ3n) is 2.50. The van der Waals surface area contributed by atoms with Gasteiger partial charge in [0.05, 0.1) is 6.54 Å². The smallest absolute Gasteiger partial charge is 0.340 e. The molecule has 0 atom stereocenters. The van der Waals surface area contributed by atoms with Crippen molar-refractivity contribution in [2.45, 2.75) is 31.1 Å². The van der Waals surface area contributed by atoms with E-state index in [0.29, 0.717) is 0 Å². The van der Waals surface area contributed by atoms with Crippen LogP contribution in [0.1, 0.15) is 21.9 Å². The zero-order chi connectivity index (χ0) is 16.6. The van der Waals surface area contributed by atoms with Gasteiger partial charge in [-0.25, -0.2) is 26.7 Å². The van der Waals surface area contributed by atoms with Gasteiger partial charge in [0.2, 0.25) is 10.0 Å². The van der Waals surface area contributed by atoms with E-state index >= 15 is 0 Å². The Bertz CT molecular complexity index is 653. The van der Waals surface area contributed by atoms with Gasteiger partial charge in [0.15, 0.2) is 0 Å². The molecule has 21 heavy (non-hydrogen) atoms. The zero-order valence-corrected chi connectivity index (χ0v) is 11.6. The summed E-state index contributed by atoms with van der Waals surface area (Å²) in [5.74, 6) is -6.83. The van der Waals surface area contributed by atoms with Crippen LogP contribution in [0, 0.1) is 13.8 Å². The van der Waals surface area contributed by atoms with Crippen LogP contribution >= 0.6 is 0 Å². The van der Waals surface area contributed by atoms with Crippen LogP contribution in [-0.4, -0.2) is 38.4 Å². The number of carbonyl (C=O) groups is 1. The maximum absolute atomic E-state index is 12.7. The van der Waals surface area contributed by atoms with Crippen LogP contribution in [0.25, 0.3) is 0 Å². The maximum atomic E-state index is 12.7. The summed E-state index contributed by atoms with van der Waals surface area (Å²) in [6.45, 7) is 0.415. The Morgan fingerprint density at radius 1 is 1.33 bits per heavy atom. The number of carboxylic acid groups (broad SMARTS) is 1. The second-order valence-corrected chi connectivity index (χ2v) is 5.81. The molecule has 11 heteroatoms. The maximum Gasteiger partial charge on any atom is 0.340 e. The first kappa shape index (κ1) is 17.4. The van der Waals surface area contributed by atoms with Crippen molar-refractivity contribution in [2.24, 2.45) is 0 Å². The molecule has 0 saturated heterocycles. The first-order chi connectivity index (χ1) is 9.40. The molecule has 0 radical (unpaired) electrons. The number of nitrogens with one attached hydrogen (secondary N) is 1. The molecule has 1 aromatic heterocycles. The molecule has 0 fully saturated rings. The molecule has 0 saturated carbocycles. The molecule has 2 N–H and O–H groups in total. The molecule has 120 valence electrons. The lowest BCUT2D eigenvalue weighted by Gasteiger charge is -2.15. The number of furan rings is 1. The SMILES string of the molecule is Cc1oc(C)c(S(=O)(=O)NCC(F)(F)C(F)F)c1C(=O)O. The fourth-order valence-corrected chi connectivity index (χ4v) is 3.02. The fraction of sp³-hybridized carbons (Fsp3) is 0.500. The van der Waals surface area contributed by atoms with Gasteiger partial charge in [-0.2, -0.15) is 8.78 Å². The minimum absolute atomic E-state index is 0.249. The van der Waals surface area contributed by atoms with Crippen molar-refractivity contribution in [3.05, 3.63) is 17.1 Å². The molecule has 0 bridgehead atoms. The third kappa shape index (κ3) is 3.53. The zero-order valence-electron chi connectivity index (χ0n) is 10.8. The largest absolute Gasteiger partial charge is 0.478 e. The van der Waals surface area contributed by atoms with Crippen molar-refractivity contribution in [1.29, 1.82) is 0 Å². The second kappa shape index (κ2) is 5.64. The normalized spacial score (nSPS) is 12.9. The standard InChI is InChI=1S/C10H11F4NO5S/c1-4-6(8(16)17)7(5(2)20-4)21(18,19)15-3-10(13,14)9(11)12/h9,15H,3H2,1-2H3,(H,16,17). The van der Waals surface area contributed by atoms with Crippen molar-refractivity contribution in [3.63, 3.8) is 0 Å². The van der Waals surface area contributed by atoms with Crippen LogP contribution in [0.5, 0.6) is 0 Å². The predicted octanol–water partition coefficient (Wildman–Crippen LogP) is 1.77. The first-order valence-corrected chi connectivity index (χ1v) is 6.87. The van der Waals surface area contributed by atoms with Crippen LogP contribution in [0.3, 0.4) is 0 Å². The Hall–Kier alpha value is -1.62. The van der Waals surface area contributed by atoms with E-state index < -0.39 is 45.3 Å². The van der Waals surface area contributed by atoms with Crippen molar-refractivity contribution in [2.75, 3.05) is 6.54 Å². The van der Waals surface area contributed by atoms with Crippen molar-refractivity contribution < 1.29 is 40.3 Å². The Kier molecular flexibility index (Phi) is 4.68. The molecule has 1 heterocycles. The Labute approximate surface area is 116 Å². The number of rotatable bonds is 6. The van der Waals surface area contributed by atoms with E-state index in [1.165, 1.54) is 11.6 Å². The molecule has 0 unspecified atom stereocenters. The molecule has 6 nitrogen and oxygen atoms in total. The summed E-state index contributed by atoms with van der Waals surface area (Å²) in [4.78, 5) is 10.1.